The molecule has 0 aromatic heterocycles. The molecule has 1 aliphatic rings. The average molecular weight is 276 g/mol. The minimum Gasteiger partial charge on any atom is -0.494 e. The predicted octanol–water partition coefficient (Wildman–Crippen LogP) is 2.98. The van der Waals surface area contributed by atoms with E-state index in [9.17, 15) is 4.79 Å². The van der Waals surface area contributed by atoms with Crippen LogP contribution in [0.2, 0.25) is 0 Å². The molecule has 0 heterocycles. The second kappa shape index (κ2) is 6.64. The molecular formula is C16H24N2O2. The third-order valence-corrected chi connectivity index (χ3v) is 4.21. The van der Waals surface area contributed by atoms with Gasteiger partial charge in [-0.1, -0.05) is 25.3 Å². The van der Waals surface area contributed by atoms with E-state index in [1.165, 1.54) is 39.2 Å². The van der Waals surface area contributed by atoms with Gasteiger partial charge < -0.3 is 15.8 Å². The normalized spacial score (nSPS) is 17.5. The highest BCUT2D eigenvalue weighted by molar-refractivity contribution is 5.98. The minimum atomic E-state index is -0.104. The van der Waals surface area contributed by atoms with Crippen LogP contribution in [0.5, 0.6) is 5.75 Å². The van der Waals surface area contributed by atoms with Gasteiger partial charge in [-0.3, -0.25) is 4.79 Å². The molecule has 20 heavy (non-hydrogen) atoms. The monoisotopic (exact) mass is 276 g/mol. The molecule has 1 aromatic carbocycles. The summed E-state index contributed by atoms with van der Waals surface area (Å²) in [4.78, 5) is 12.4. The fourth-order valence-corrected chi connectivity index (χ4v) is 3.00. The van der Waals surface area contributed by atoms with Gasteiger partial charge in [0.1, 0.15) is 0 Å². The van der Waals surface area contributed by atoms with Gasteiger partial charge in [0.15, 0.2) is 5.75 Å². The molecule has 1 amide bonds. The van der Waals surface area contributed by atoms with Gasteiger partial charge in [-0.05, 0) is 37.8 Å². The lowest BCUT2D eigenvalue weighted by atomic mass is 9.84. The topological polar surface area (TPSA) is 64.3 Å². The largest absolute Gasteiger partial charge is 0.494 e. The molecule has 0 bridgehead atoms. The molecule has 0 spiro atoms. The van der Waals surface area contributed by atoms with Crippen LogP contribution < -0.4 is 15.8 Å². The van der Waals surface area contributed by atoms with Gasteiger partial charge in [-0.2, -0.15) is 0 Å². The molecule has 1 fully saturated rings. The van der Waals surface area contributed by atoms with Crippen molar-refractivity contribution in [2.45, 2.75) is 45.1 Å². The number of para-hydroxylation sites is 1. The van der Waals surface area contributed by atoms with Gasteiger partial charge in [-0.15, -0.1) is 0 Å². The van der Waals surface area contributed by atoms with E-state index >= 15 is 0 Å². The molecule has 1 unspecified atom stereocenters. The van der Waals surface area contributed by atoms with Gasteiger partial charge in [0, 0.05) is 6.04 Å². The summed E-state index contributed by atoms with van der Waals surface area (Å²) in [6.45, 7) is 2.09. The first-order valence-corrected chi connectivity index (χ1v) is 7.37. The third kappa shape index (κ3) is 3.24. The Labute approximate surface area is 120 Å². The maximum Gasteiger partial charge on any atom is 0.255 e. The minimum absolute atomic E-state index is 0.104. The Kier molecular flexibility index (Phi) is 4.88. The van der Waals surface area contributed by atoms with Crippen molar-refractivity contribution in [3.63, 3.8) is 0 Å². The predicted molar refractivity (Wildman–Crippen MR) is 80.9 cm³/mol. The van der Waals surface area contributed by atoms with Crippen molar-refractivity contribution >= 4 is 11.6 Å². The average Bonchev–Trinajstić information content (AvgIpc) is 2.47. The van der Waals surface area contributed by atoms with Crippen molar-refractivity contribution in [3.05, 3.63) is 23.8 Å². The first-order chi connectivity index (χ1) is 9.63. The van der Waals surface area contributed by atoms with Crippen LogP contribution in [-0.2, 0) is 0 Å². The van der Waals surface area contributed by atoms with Crippen molar-refractivity contribution in [2.24, 2.45) is 5.92 Å². The summed E-state index contributed by atoms with van der Waals surface area (Å²) in [5.41, 5.74) is 6.84. The Hall–Kier alpha value is -1.71. The summed E-state index contributed by atoms with van der Waals surface area (Å²) in [7, 11) is 1.53. The maximum absolute atomic E-state index is 12.4. The molecular weight excluding hydrogens is 252 g/mol. The summed E-state index contributed by atoms with van der Waals surface area (Å²) >= 11 is 0. The smallest absolute Gasteiger partial charge is 0.255 e. The molecule has 110 valence electrons. The van der Waals surface area contributed by atoms with E-state index in [-0.39, 0.29) is 11.9 Å². The molecule has 0 saturated heterocycles. The lowest BCUT2D eigenvalue weighted by Crippen LogP contribution is -2.39. The van der Waals surface area contributed by atoms with E-state index in [1.54, 1.807) is 18.2 Å². The Morgan fingerprint density at radius 3 is 2.70 bits per heavy atom. The van der Waals surface area contributed by atoms with Gasteiger partial charge in [0.2, 0.25) is 0 Å². The number of methoxy groups -OCH3 is 1. The van der Waals surface area contributed by atoms with Crippen molar-refractivity contribution < 1.29 is 9.53 Å². The number of ether oxygens (including phenoxy) is 1. The highest BCUT2D eigenvalue weighted by Crippen LogP contribution is 2.28. The van der Waals surface area contributed by atoms with Crippen LogP contribution in [0.3, 0.4) is 0 Å². The lowest BCUT2D eigenvalue weighted by Gasteiger charge is -2.28. The second-order valence-corrected chi connectivity index (χ2v) is 5.59. The van der Waals surface area contributed by atoms with Crippen LogP contribution in [0.1, 0.15) is 49.4 Å². The van der Waals surface area contributed by atoms with E-state index in [4.69, 9.17) is 10.5 Å². The standard InChI is InChI=1S/C16H24N2O2/c1-11(12-7-4-3-5-8-12)18-16(19)13-9-6-10-14(17)15(13)20-2/h6,9-12H,3-5,7-8,17H2,1-2H3,(H,18,19). The zero-order valence-electron chi connectivity index (χ0n) is 12.3. The van der Waals surface area contributed by atoms with E-state index in [2.05, 4.69) is 12.2 Å². The number of nitrogens with two attached hydrogens (primary N) is 1. The molecule has 1 atom stereocenters. The number of amides is 1. The van der Waals surface area contributed by atoms with Crippen LogP contribution in [-0.4, -0.2) is 19.1 Å². The van der Waals surface area contributed by atoms with E-state index in [0.29, 0.717) is 22.9 Å². The van der Waals surface area contributed by atoms with Gasteiger partial charge in [-0.25, -0.2) is 0 Å². The maximum atomic E-state index is 12.4. The fraction of sp³-hybridized carbons (Fsp3) is 0.562. The molecule has 0 radical (unpaired) electrons. The van der Waals surface area contributed by atoms with E-state index < -0.39 is 0 Å². The molecule has 4 nitrogen and oxygen atoms in total. The van der Waals surface area contributed by atoms with Crippen LogP contribution in [0, 0.1) is 5.92 Å². The fourth-order valence-electron chi connectivity index (χ4n) is 3.00. The molecule has 1 aromatic rings. The molecule has 1 saturated carbocycles. The molecule has 1 aliphatic carbocycles. The highest BCUT2D eigenvalue weighted by Gasteiger charge is 2.23. The number of hydrogen-bond acceptors (Lipinski definition) is 3. The Balaban J connectivity index is 2.06. The number of carbonyl (C=O) groups is 1. The first kappa shape index (κ1) is 14.7. The number of anilines is 1. The highest BCUT2D eigenvalue weighted by atomic mass is 16.5. The van der Waals surface area contributed by atoms with Crippen molar-refractivity contribution in [1.82, 2.24) is 5.32 Å². The van der Waals surface area contributed by atoms with E-state index in [1.807, 2.05) is 0 Å². The number of benzene rings is 1. The van der Waals surface area contributed by atoms with Crippen molar-refractivity contribution in [2.75, 3.05) is 12.8 Å². The second-order valence-electron chi connectivity index (χ2n) is 5.59. The van der Waals surface area contributed by atoms with Gasteiger partial charge >= 0.3 is 0 Å². The zero-order valence-corrected chi connectivity index (χ0v) is 12.3. The summed E-state index contributed by atoms with van der Waals surface area (Å²) in [6.07, 6.45) is 6.27. The summed E-state index contributed by atoms with van der Waals surface area (Å²) in [5, 5.41) is 3.09. The van der Waals surface area contributed by atoms with Crippen LogP contribution in [0.15, 0.2) is 18.2 Å². The van der Waals surface area contributed by atoms with Gasteiger partial charge in [0.05, 0.1) is 18.4 Å². The number of nitrogens with one attached hydrogen (secondary N) is 1. The molecule has 4 heteroatoms. The SMILES string of the molecule is COc1c(N)cccc1C(=O)NC(C)C1CCCCC1. The summed E-state index contributed by atoms with van der Waals surface area (Å²) in [5.74, 6) is 0.938. The first-order valence-electron chi connectivity index (χ1n) is 7.37. The Morgan fingerprint density at radius 2 is 2.05 bits per heavy atom. The Bertz CT molecular complexity index is 468. The zero-order chi connectivity index (χ0) is 14.5. The number of nitrogen functional groups attached to an aromatic ring is 1. The third-order valence-electron chi connectivity index (χ3n) is 4.21. The quantitative estimate of drug-likeness (QED) is 0.831. The number of rotatable bonds is 4. The molecule has 2 rings (SSSR count). The molecule has 3 N–H and O–H groups in total. The summed E-state index contributed by atoms with van der Waals surface area (Å²) < 4.78 is 5.24. The number of hydrogen-bond donors (Lipinski definition) is 2. The van der Waals surface area contributed by atoms with Crippen LogP contribution >= 0.6 is 0 Å². The van der Waals surface area contributed by atoms with Crippen molar-refractivity contribution in [3.8, 4) is 5.75 Å². The lowest BCUT2D eigenvalue weighted by molar-refractivity contribution is 0.0916. The van der Waals surface area contributed by atoms with Crippen molar-refractivity contribution in [1.29, 1.82) is 0 Å². The summed E-state index contributed by atoms with van der Waals surface area (Å²) in [6, 6.07) is 5.45. The number of carbonyl (C=O) groups excluding carboxylic acids is 1. The van der Waals surface area contributed by atoms with Crippen LogP contribution in [0.4, 0.5) is 5.69 Å². The van der Waals surface area contributed by atoms with Crippen LogP contribution in [0.25, 0.3) is 0 Å². The van der Waals surface area contributed by atoms with Gasteiger partial charge in [0.25, 0.3) is 5.91 Å². The van der Waals surface area contributed by atoms with E-state index in [0.717, 1.165) is 0 Å². The molecule has 0 aliphatic heterocycles. The Morgan fingerprint density at radius 1 is 1.35 bits per heavy atom.